The van der Waals surface area contributed by atoms with Gasteiger partial charge in [0.05, 0.1) is 5.54 Å². The molecule has 13 heteroatoms. The fraction of sp³-hybridized carbons (Fsp3) is 0.391. The number of likely N-dealkylation sites (tertiary alicyclic amines) is 1. The number of rotatable bonds is 10. The molecule has 1 aliphatic rings. The van der Waals surface area contributed by atoms with Gasteiger partial charge in [-0.2, -0.15) is 32.4 Å². The van der Waals surface area contributed by atoms with Crippen LogP contribution in [0.1, 0.15) is 34.3 Å². The molecule has 9 nitrogen and oxygen atoms in total. The minimum atomic E-state index is -4.76. The van der Waals surface area contributed by atoms with Crippen molar-refractivity contribution in [3.8, 4) is 0 Å². The van der Waals surface area contributed by atoms with Crippen molar-refractivity contribution in [2.24, 2.45) is 10.9 Å². The van der Waals surface area contributed by atoms with Gasteiger partial charge >= 0.3 is 14.3 Å². The van der Waals surface area contributed by atoms with E-state index in [1.807, 2.05) is 30.3 Å². The van der Waals surface area contributed by atoms with Crippen LogP contribution in [-0.2, 0) is 15.8 Å². The fourth-order valence-electron chi connectivity index (χ4n) is 3.72. The first-order valence-corrected chi connectivity index (χ1v) is 12.6. The zero-order valence-corrected chi connectivity index (χ0v) is 20.2. The fourth-order valence-corrected chi connectivity index (χ4v) is 4.15. The van der Waals surface area contributed by atoms with E-state index < -0.39 is 31.5 Å². The number of halogens is 3. The lowest BCUT2D eigenvalue weighted by Gasteiger charge is -2.23. The molecule has 1 atom stereocenters. The average molecular weight is 530 g/mol. The number of hydrogen-bond acceptors (Lipinski definition) is 8. The number of amides is 1. The highest BCUT2D eigenvalue weighted by Crippen LogP contribution is 2.46. The summed E-state index contributed by atoms with van der Waals surface area (Å²) < 4.78 is 45.3. The van der Waals surface area contributed by atoms with Crippen molar-refractivity contribution in [1.82, 2.24) is 4.90 Å². The molecule has 1 aliphatic heterocycles. The molecule has 0 radical (unpaired) electrons. The lowest BCUT2D eigenvalue weighted by Crippen LogP contribution is -2.47. The zero-order chi connectivity index (χ0) is 26.4. The van der Waals surface area contributed by atoms with Crippen LogP contribution in [0.5, 0.6) is 0 Å². The zero-order valence-electron chi connectivity index (χ0n) is 19.3. The van der Waals surface area contributed by atoms with Gasteiger partial charge in [-0.15, -0.1) is 0 Å². The van der Waals surface area contributed by atoms with Crippen LogP contribution in [0.3, 0.4) is 0 Å². The molecule has 1 heterocycles. The molecule has 1 amide bonds. The van der Waals surface area contributed by atoms with E-state index in [1.54, 1.807) is 0 Å². The summed E-state index contributed by atoms with van der Waals surface area (Å²) in [5.41, 5.74) is 4.72. The summed E-state index contributed by atoms with van der Waals surface area (Å²) in [5, 5.41) is 3.31. The second-order valence-electron chi connectivity index (χ2n) is 8.56. The molecule has 196 valence electrons. The molecule has 0 saturated carbocycles. The molecule has 36 heavy (non-hydrogen) atoms. The number of nitrogens with zero attached hydrogens (tertiary/aromatic N) is 2. The van der Waals surface area contributed by atoms with Crippen LogP contribution in [-0.4, -0.2) is 69.2 Å². The summed E-state index contributed by atoms with van der Waals surface area (Å²) in [5.74, 6) is -0.463. The Labute approximate surface area is 206 Å². The Morgan fingerprint density at radius 2 is 1.72 bits per heavy atom. The lowest BCUT2D eigenvalue weighted by atomic mass is 10.0. The van der Waals surface area contributed by atoms with E-state index in [1.165, 1.54) is 17.0 Å². The van der Waals surface area contributed by atoms with Crippen LogP contribution in [0.15, 0.2) is 59.8 Å². The second-order valence-corrected chi connectivity index (χ2v) is 9.85. The van der Waals surface area contributed by atoms with E-state index in [0.29, 0.717) is 12.8 Å². The van der Waals surface area contributed by atoms with Crippen molar-refractivity contribution in [2.75, 3.05) is 26.3 Å². The van der Waals surface area contributed by atoms with E-state index in [0.717, 1.165) is 17.7 Å². The van der Waals surface area contributed by atoms with Gasteiger partial charge in [-0.1, -0.05) is 47.6 Å². The van der Waals surface area contributed by atoms with E-state index in [9.17, 15) is 18.0 Å². The van der Waals surface area contributed by atoms with Crippen molar-refractivity contribution in [1.29, 1.82) is 0 Å². The molecule has 0 aliphatic carbocycles. The van der Waals surface area contributed by atoms with Gasteiger partial charge in [-0.05, 0) is 37.0 Å². The van der Waals surface area contributed by atoms with Gasteiger partial charge in [-0.25, -0.2) is 0 Å². The molecular formula is C23H28F3N3O6P+. The largest absolute Gasteiger partial charge is 0.567 e. The van der Waals surface area contributed by atoms with Crippen LogP contribution in [0, 0.1) is 0 Å². The first-order valence-electron chi connectivity index (χ1n) is 11.1. The normalized spacial score (nSPS) is 19.0. The number of hydrogen-bond donors (Lipinski definition) is 4. The predicted octanol–water partition coefficient (Wildman–Crippen LogP) is 2.82. The van der Waals surface area contributed by atoms with E-state index >= 15 is 0 Å². The summed E-state index contributed by atoms with van der Waals surface area (Å²) in [6, 6.07) is 14.3. The topological polar surface area (TPSA) is 138 Å². The molecule has 2 aromatic rings. The maximum absolute atomic E-state index is 13.6. The van der Waals surface area contributed by atoms with Gasteiger partial charge in [0.2, 0.25) is 0 Å². The molecule has 0 spiro atoms. The third-order valence-electron chi connectivity index (χ3n) is 5.57. The van der Waals surface area contributed by atoms with Crippen molar-refractivity contribution in [3.05, 3.63) is 71.3 Å². The Hall–Kier alpha value is -2.60. The SMILES string of the molecule is NC1(CO[P+](O)(O)O)CCN(C(=O)c2ccc(/C(=N/OCCCc3ccccc3)C(F)(F)F)cc2)C1. The van der Waals surface area contributed by atoms with Crippen LogP contribution in [0.4, 0.5) is 13.2 Å². The Balaban J connectivity index is 1.60. The van der Waals surface area contributed by atoms with Gasteiger partial charge in [0, 0.05) is 24.2 Å². The first kappa shape index (κ1) is 28.0. The summed E-state index contributed by atoms with van der Waals surface area (Å²) >= 11 is 0. The van der Waals surface area contributed by atoms with E-state index in [2.05, 4.69) is 9.68 Å². The lowest BCUT2D eigenvalue weighted by molar-refractivity contribution is -0.0615. The highest BCUT2D eigenvalue weighted by atomic mass is 31.2. The minimum absolute atomic E-state index is 0.000332. The molecule has 0 aromatic heterocycles. The average Bonchev–Trinajstić information content (AvgIpc) is 3.22. The number of nitrogens with two attached hydrogens (primary N) is 1. The minimum Gasteiger partial charge on any atom is -0.395 e. The quantitative estimate of drug-likeness (QED) is 0.160. The summed E-state index contributed by atoms with van der Waals surface area (Å²) in [4.78, 5) is 46.0. The standard InChI is InChI=1S/C23H28F3N3O6P/c24-23(25,26)20(28-34-14-4-7-17-5-2-1-3-6-17)18-8-10-19(11-9-18)21(30)29-13-12-22(27,15-29)16-35-36(31,32)33/h1-3,5-6,8-11,31-33H,4,7,12-16,27H2/q+1/b28-20-. The van der Waals surface area contributed by atoms with Gasteiger partial charge in [0.15, 0.2) is 5.71 Å². The summed E-state index contributed by atoms with van der Waals surface area (Å²) in [6.45, 7) is -0.153. The third kappa shape index (κ3) is 8.22. The molecule has 5 N–H and O–H groups in total. The number of oxime groups is 1. The van der Waals surface area contributed by atoms with Crippen molar-refractivity contribution >= 4 is 19.8 Å². The molecule has 3 rings (SSSR count). The number of carbonyl (C=O) groups is 1. The van der Waals surface area contributed by atoms with Gasteiger partial charge in [-0.3, -0.25) is 4.79 Å². The molecule has 2 aromatic carbocycles. The number of alkyl halides is 3. The van der Waals surface area contributed by atoms with Crippen LogP contribution in [0.2, 0.25) is 0 Å². The summed E-state index contributed by atoms with van der Waals surface area (Å²) in [6.07, 6.45) is -3.36. The Morgan fingerprint density at radius 3 is 2.33 bits per heavy atom. The van der Waals surface area contributed by atoms with E-state index in [-0.39, 0.29) is 43.9 Å². The molecule has 1 saturated heterocycles. The Kier molecular flexibility index (Phi) is 9.04. The monoisotopic (exact) mass is 530 g/mol. The molecule has 1 unspecified atom stereocenters. The Morgan fingerprint density at radius 1 is 1.08 bits per heavy atom. The number of benzene rings is 2. The number of aryl methyl sites for hydroxylation is 1. The predicted molar refractivity (Wildman–Crippen MR) is 127 cm³/mol. The van der Waals surface area contributed by atoms with Gasteiger partial charge in [0.1, 0.15) is 13.2 Å². The summed E-state index contributed by atoms with van der Waals surface area (Å²) in [7, 11) is -4.46. The second kappa shape index (κ2) is 11.6. The first-order chi connectivity index (χ1) is 16.9. The van der Waals surface area contributed by atoms with Crippen molar-refractivity contribution in [2.45, 2.75) is 31.0 Å². The molecule has 1 fully saturated rings. The van der Waals surface area contributed by atoms with E-state index in [4.69, 9.17) is 25.3 Å². The van der Waals surface area contributed by atoms with Gasteiger partial charge < -0.3 is 15.5 Å². The Bertz CT molecular complexity index is 1050. The smallest absolute Gasteiger partial charge is 0.395 e. The third-order valence-corrected chi connectivity index (χ3v) is 6.05. The molecule has 0 bridgehead atoms. The maximum Gasteiger partial charge on any atom is 0.567 e. The van der Waals surface area contributed by atoms with Crippen molar-refractivity contribution in [3.63, 3.8) is 0 Å². The van der Waals surface area contributed by atoms with Crippen LogP contribution < -0.4 is 5.73 Å². The van der Waals surface area contributed by atoms with Crippen molar-refractivity contribution < 1.29 is 42.0 Å². The molecular weight excluding hydrogens is 502 g/mol. The van der Waals surface area contributed by atoms with Gasteiger partial charge in [0.25, 0.3) is 5.91 Å². The highest BCUT2D eigenvalue weighted by Gasteiger charge is 2.43. The number of carbonyl (C=O) groups excluding carboxylic acids is 1. The van der Waals surface area contributed by atoms with Crippen LogP contribution >= 0.6 is 8.17 Å². The maximum atomic E-state index is 13.6. The van der Waals surface area contributed by atoms with Crippen LogP contribution in [0.25, 0.3) is 0 Å². The highest BCUT2D eigenvalue weighted by molar-refractivity contribution is 7.53.